The molecule has 0 aromatic carbocycles. The first-order valence-electron chi connectivity index (χ1n) is 6.05. The van der Waals surface area contributed by atoms with E-state index in [2.05, 4.69) is 20.9 Å². The molecule has 0 amide bonds. The van der Waals surface area contributed by atoms with Crippen LogP contribution in [0.5, 0.6) is 0 Å². The van der Waals surface area contributed by atoms with Crippen LogP contribution >= 0.6 is 15.9 Å². The third kappa shape index (κ3) is 3.80. The Morgan fingerprint density at radius 2 is 2.12 bits per heavy atom. The van der Waals surface area contributed by atoms with Gasteiger partial charge in [0, 0.05) is 0 Å². The van der Waals surface area contributed by atoms with Gasteiger partial charge in [0.25, 0.3) is 0 Å². The molecule has 92 valence electrons. The van der Waals surface area contributed by atoms with Gasteiger partial charge in [0.05, 0.1) is 6.61 Å². The average molecular weight is 298 g/mol. The van der Waals surface area contributed by atoms with E-state index in [1.165, 1.54) is 32.1 Å². The molecule has 17 heavy (non-hydrogen) atoms. The molecular formula is C13H16BrNO2. The van der Waals surface area contributed by atoms with Crippen LogP contribution in [-0.2, 0) is 4.74 Å². The van der Waals surface area contributed by atoms with Crippen LogP contribution in [0.25, 0.3) is 0 Å². The summed E-state index contributed by atoms with van der Waals surface area (Å²) in [5, 5.41) is 0. The Morgan fingerprint density at radius 3 is 2.82 bits per heavy atom. The van der Waals surface area contributed by atoms with Crippen molar-refractivity contribution in [3.63, 3.8) is 0 Å². The summed E-state index contributed by atoms with van der Waals surface area (Å²) in [5.41, 5.74) is 0.371. The number of carbonyl (C=O) groups is 1. The minimum atomic E-state index is -0.322. The monoisotopic (exact) mass is 297 g/mol. The summed E-state index contributed by atoms with van der Waals surface area (Å²) in [7, 11) is 0. The molecule has 1 aliphatic carbocycles. The minimum Gasteiger partial charge on any atom is -0.461 e. The molecule has 0 atom stereocenters. The lowest BCUT2D eigenvalue weighted by Gasteiger charge is -2.20. The van der Waals surface area contributed by atoms with E-state index in [9.17, 15) is 4.79 Å². The van der Waals surface area contributed by atoms with E-state index in [0.717, 1.165) is 0 Å². The summed E-state index contributed by atoms with van der Waals surface area (Å²) >= 11 is 3.24. The number of hydrogen-bond acceptors (Lipinski definition) is 3. The van der Waals surface area contributed by atoms with E-state index in [4.69, 9.17) is 4.74 Å². The SMILES string of the molecule is O=C(OCC1CCCCC1)c1cccc(Br)n1. The van der Waals surface area contributed by atoms with Gasteiger partial charge in [0.2, 0.25) is 0 Å². The summed E-state index contributed by atoms with van der Waals surface area (Å²) < 4.78 is 5.96. The standard InChI is InChI=1S/C13H16BrNO2/c14-12-8-4-7-11(15-12)13(16)17-9-10-5-2-1-3-6-10/h4,7-8,10H,1-3,5-6,9H2. The zero-order valence-electron chi connectivity index (χ0n) is 9.69. The highest BCUT2D eigenvalue weighted by molar-refractivity contribution is 9.10. The molecule has 1 heterocycles. The number of hydrogen-bond donors (Lipinski definition) is 0. The second-order valence-corrected chi connectivity index (χ2v) is 5.26. The summed E-state index contributed by atoms with van der Waals surface area (Å²) in [6.07, 6.45) is 6.20. The molecule has 0 radical (unpaired) electrons. The highest BCUT2D eigenvalue weighted by atomic mass is 79.9. The second-order valence-electron chi connectivity index (χ2n) is 4.45. The molecule has 1 aromatic rings. The fourth-order valence-corrected chi connectivity index (χ4v) is 2.49. The molecular weight excluding hydrogens is 282 g/mol. The van der Waals surface area contributed by atoms with Crippen molar-refractivity contribution < 1.29 is 9.53 Å². The smallest absolute Gasteiger partial charge is 0.356 e. The van der Waals surface area contributed by atoms with Gasteiger partial charge in [-0.2, -0.15) is 0 Å². The van der Waals surface area contributed by atoms with Gasteiger partial charge in [-0.15, -0.1) is 0 Å². The van der Waals surface area contributed by atoms with Crippen LogP contribution in [0.15, 0.2) is 22.8 Å². The number of aromatic nitrogens is 1. The Hall–Kier alpha value is -0.900. The number of carbonyl (C=O) groups excluding carboxylic acids is 1. The van der Waals surface area contributed by atoms with Crippen molar-refractivity contribution in [1.82, 2.24) is 4.98 Å². The maximum Gasteiger partial charge on any atom is 0.356 e. The lowest BCUT2D eigenvalue weighted by Crippen LogP contribution is -2.17. The summed E-state index contributed by atoms with van der Waals surface area (Å²) in [6, 6.07) is 5.25. The molecule has 1 saturated carbocycles. The van der Waals surface area contributed by atoms with Gasteiger partial charge in [-0.3, -0.25) is 0 Å². The van der Waals surface area contributed by atoms with Crippen LogP contribution in [0.4, 0.5) is 0 Å². The predicted molar refractivity (Wildman–Crippen MR) is 68.8 cm³/mol. The third-order valence-corrected chi connectivity index (χ3v) is 3.54. The van der Waals surface area contributed by atoms with Gasteiger partial charge in [0.15, 0.2) is 0 Å². The lowest BCUT2D eigenvalue weighted by atomic mass is 9.90. The summed E-state index contributed by atoms with van der Waals surface area (Å²) in [5.74, 6) is 0.219. The fraction of sp³-hybridized carbons (Fsp3) is 0.538. The molecule has 0 aliphatic heterocycles. The number of rotatable bonds is 3. The third-order valence-electron chi connectivity index (χ3n) is 3.10. The van der Waals surface area contributed by atoms with Gasteiger partial charge >= 0.3 is 5.97 Å². The Labute approximate surface area is 110 Å². The molecule has 0 N–H and O–H groups in total. The fourth-order valence-electron chi connectivity index (χ4n) is 2.14. The topological polar surface area (TPSA) is 39.2 Å². The van der Waals surface area contributed by atoms with Gasteiger partial charge < -0.3 is 4.74 Å². The highest BCUT2D eigenvalue weighted by Crippen LogP contribution is 2.23. The zero-order valence-corrected chi connectivity index (χ0v) is 11.3. The summed E-state index contributed by atoms with van der Waals surface area (Å²) in [4.78, 5) is 15.8. The van der Waals surface area contributed by atoms with Crippen LogP contribution in [0, 0.1) is 5.92 Å². The van der Waals surface area contributed by atoms with E-state index in [1.807, 2.05) is 0 Å². The zero-order chi connectivity index (χ0) is 12.1. The Bertz CT molecular complexity index is 389. The van der Waals surface area contributed by atoms with Crippen molar-refractivity contribution in [2.24, 2.45) is 5.92 Å². The molecule has 3 nitrogen and oxygen atoms in total. The second kappa shape index (κ2) is 6.15. The maximum absolute atomic E-state index is 11.7. The van der Waals surface area contributed by atoms with Crippen molar-refractivity contribution in [3.8, 4) is 0 Å². The Balaban J connectivity index is 1.84. The molecule has 1 aromatic heterocycles. The molecule has 0 saturated heterocycles. The first kappa shape index (κ1) is 12.6. The van der Waals surface area contributed by atoms with Gasteiger partial charge in [-0.1, -0.05) is 25.3 Å². The van der Waals surface area contributed by atoms with Crippen LogP contribution in [-0.4, -0.2) is 17.6 Å². The predicted octanol–water partition coefficient (Wildman–Crippen LogP) is 3.58. The number of pyridine rings is 1. The minimum absolute atomic E-state index is 0.322. The first-order chi connectivity index (χ1) is 8.25. The number of esters is 1. The number of nitrogens with zero attached hydrogens (tertiary/aromatic N) is 1. The highest BCUT2D eigenvalue weighted by Gasteiger charge is 2.16. The molecule has 2 rings (SSSR count). The van der Waals surface area contributed by atoms with E-state index in [0.29, 0.717) is 22.8 Å². The largest absolute Gasteiger partial charge is 0.461 e. The number of ether oxygens (including phenoxy) is 1. The van der Waals surface area contributed by atoms with Crippen LogP contribution < -0.4 is 0 Å². The normalized spacial score (nSPS) is 16.8. The molecule has 1 fully saturated rings. The molecule has 4 heteroatoms. The maximum atomic E-state index is 11.7. The van der Waals surface area contributed by atoms with Gasteiger partial charge in [0.1, 0.15) is 10.3 Å². The van der Waals surface area contributed by atoms with Crippen molar-refractivity contribution in [2.75, 3.05) is 6.61 Å². The average Bonchev–Trinajstić information content (AvgIpc) is 2.37. The quantitative estimate of drug-likeness (QED) is 0.632. The van der Waals surface area contributed by atoms with Gasteiger partial charge in [-0.25, -0.2) is 9.78 Å². The molecule has 0 bridgehead atoms. The Kier molecular flexibility index (Phi) is 4.54. The Morgan fingerprint density at radius 1 is 1.35 bits per heavy atom. The van der Waals surface area contributed by atoms with Crippen molar-refractivity contribution >= 4 is 21.9 Å². The van der Waals surface area contributed by atoms with Crippen LogP contribution in [0.1, 0.15) is 42.6 Å². The number of halogens is 1. The van der Waals surface area contributed by atoms with E-state index < -0.39 is 0 Å². The molecule has 1 aliphatic rings. The van der Waals surface area contributed by atoms with Crippen molar-refractivity contribution in [3.05, 3.63) is 28.5 Å². The van der Waals surface area contributed by atoms with Gasteiger partial charge in [-0.05, 0) is 46.8 Å². The first-order valence-corrected chi connectivity index (χ1v) is 6.84. The van der Waals surface area contributed by atoms with Crippen molar-refractivity contribution in [1.29, 1.82) is 0 Å². The van der Waals surface area contributed by atoms with E-state index in [1.54, 1.807) is 18.2 Å². The van der Waals surface area contributed by atoms with Crippen LogP contribution in [0.2, 0.25) is 0 Å². The van der Waals surface area contributed by atoms with Crippen molar-refractivity contribution in [2.45, 2.75) is 32.1 Å². The summed E-state index contributed by atoms with van der Waals surface area (Å²) in [6.45, 7) is 0.535. The van der Waals surface area contributed by atoms with E-state index in [-0.39, 0.29) is 5.97 Å². The molecule has 0 unspecified atom stereocenters. The lowest BCUT2D eigenvalue weighted by molar-refractivity contribution is 0.0403. The molecule has 0 spiro atoms. The van der Waals surface area contributed by atoms with Crippen LogP contribution in [0.3, 0.4) is 0 Å². The van der Waals surface area contributed by atoms with E-state index >= 15 is 0 Å².